The van der Waals surface area contributed by atoms with Gasteiger partial charge in [-0.3, -0.25) is 19.8 Å². The van der Waals surface area contributed by atoms with E-state index in [0.717, 1.165) is 5.56 Å². The fraction of sp³-hybridized carbons (Fsp3) is 0.160. The van der Waals surface area contributed by atoms with Crippen molar-refractivity contribution in [2.45, 2.75) is 19.5 Å². The van der Waals surface area contributed by atoms with Crippen LogP contribution in [0.2, 0.25) is 0 Å². The second kappa shape index (κ2) is 10.1. The van der Waals surface area contributed by atoms with Crippen molar-refractivity contribution in [1.29, 1.82) is 0 Å². The Hall–Kier alpha value is -4.37. The van der Waals surface area contributed by atoms with Gasteiger partial charge in [-0.15, -0.1) is 0 Å². The Morgan fingerprint density at radius 1 is 1.09 bits per heavy atom. The van der Waals surface area contributed by atoms with Gasteiger partial charge in [-0.25, -0.2) is 0 Å². The van der Waals surface area contributed by atoms with Gasteiger partial charge in [0.25, 0.3) is 11.6 Å². The van der Waals surface area contributed by atoms with E-state index in [9.17, 15) is 14.9 Å². The monoisotopic (exact) mass is 457 g/mol. The fourth-order valence-electron chi connectivity index (χ4n) is 3.47. The number of hydrogen-bond acceptors (Lipinski definition) is 7. The van der Waals surface area contributed by atoms with E-state index in [-0.39, 0.29) is 17.6 Å². The number of benzene rings is 3. The van der Waals surface area contributed by atoms with Crippen LogP contribution in [0.25, 0.3) is 11.4 Å². The third kappa shape index (κ3) is 5.33. The normalized spacial score (nSPS) is 11.9. The van der Waals surface area contributed by atoms with Crippen LogP contribution in [0.4, 0.5) is 11.4 Å². The molecule has 1 heterocycles. The number of non-ortho nitro benzene ring substituents is 1. The van der Waals surface area contributed by atoms with Crippen LogP contribution >= 0.6 is 0 Å². The van der Waals surface area contributed by atoms with Gasteiger partial charge in [0.1, 0.15) is 0 Å². The van der Waals surface area contributed by atoms with Gasteiger partial charge in [-0.1, -0.05) is 47.6 Å². The van der Waals surface area contributed by atoms with Crippen molar-refractivity contribution in [3.05, 3.63) is 106 Å². The van der Waals surface area contributed by atoms with Crippen LogP contribution in [-0.2, 0) is 6.54 Å². The number of carbonyl (C=O) groups excluding carboxylic acids is 1. The Morgan fingerprint density at radius 2 is 1.85 bits per heavy atom. The molecule has 0 aliphatic heterocycles. The number of nitro groups is 1. The predicted molar refractivity (Wildman–Crippen MR) is 127 cm³/mol. The van der Waals surface area contributed by atoms with E-state index in [0.29, 0.717) is 35.1 Å². The highest BCUT2D eigenvalue weighted by Crippen LogP contribution is 2.25. The lowest BCUT2D eigenvalue weighted by atomic mass is 10.1. The second-order valence-corrected chi connectivity index (χ2v) is 7.86. The third-order valence-corrected chi connectivity index (χ3v) is 5.49. The first-order valence-electron chi connectivity index (χ1n) is 10.6. The Morgan fingerprint density at radius 3 is 2.62 bits per heavy atom. The van der Waals surface area contributed by atoms with Gasteiger partial charge in [-0.05, 0) is 43.8 Å². The summed E-state index contributed by atoms with van der Waals surface area (Å²) in [5, 5.41) is 17.9. The van der Waals surface area contributed by atoms with Crippen LogP contribution < -0.4 is 5.32 Å². The highest BCUT2D eigenvalue weighted by atomic mass is 16.6. The molecule has 4 aromatic rings. The summed E-state index contributed by atoms with van der Waals surface area (Å²) in [6.45, 7) is 2.42. The molecule has 0 bridgehead atoms. The van der Waals surface area contributed by atoms with E-state index in [1.807, 2.05) is 61.3 Å². The maximum Gasteiger partial charge on any atom is 0.270 e. The van der Waals surface area contributed by atoms with Crippen LogP contribution in [0.1, 0.15) is 34.8 Å². The van der Waals surface area contributed by atoms with Crippen molar-refractivity contribution in [2.75, 3.05) is 12.4 Å². The second-order valence-electron chi connectivity index (χ2n) is 7.86. The van der Waals surface area contributed by atoms with Gasteiger partial charge in [0, 0.05) is 35.0 Å². The van der Waals surface area contributed by atoms with Crippen LogP contribution in [0, 0.1) is 10.1 Å². The Kier molecular flexibility index (Phi) is 6.74. The number of rotatable bonds is 8. The molecule has 0 aliphatic carbocycles. The molecule has 0 fully saturated rings. The smallest absolute Gasteiger partial charge is 0.270 e. The lowest BCUT2D eigenvalue weighted by molar-refractivity contribution is -0.384. The topological polar surface area (TPSA) is 114 Å². The van der Waals surface area contributed by atoms with Gasteiger partial charge < -0.3 is 9.84 Å². The van der Waals surface area contributed by atoms with Crippen molar-refractivity contribution >= 4 is 17.3 Å². The quantitative estimate of drug-likeness (QED) is 0.289. The molecule has 1 amide bonds. The molecule has 34 heavy (non-hydrogen) atoms. The van der Waals surface area contributed by atoms with Crippen molar-refractivity contribution in [3.8, 4) is 11.4 Å². The molecule has 9 heteroatoms. The predicted octanol–water partition coefficient (Wildman–Crippen LogP) is 5.09. The summed E-state index contributed by atoms with van der Waals surface area (Å²) in [7, 11) is 1.93. The SMILES string of the molecule is CC(c1cccc(NC(=O)c2ccccc2)c1)N(C)Cc1nc(-c2cccc([N+](=O)[O-])c2)no1. The van der Waals surface area contributed by atoms with Gasteiger partial charge in [-0.2, -0.15) is 4.98 Å². The zero-order valence-electron chi connectivity index (χ0n) is 18.7. The summed E-state index contributed by atoms with van der Waals surface area (Å²) in [5.74, 6) is 0.521. The Bertz CT molecular complexity index is 1310. The maximum atomic E-state index is 12.5. The minimum Gasteiger partial charge on any atom is -0.338 e. The highest BCUT2D eigenvalue weighted by Gasteiger charge is 2.18. The van der Waals surface area contributed by atoms with E-state index in [4.69, 9.17) is 4.52 Å². The zero-order valence-corrected chi connectivity index (χ0v) is 18.7. The lowest BCUT2D eigenvalue weighted by Gasteiger charge is -2.24. The molecule has 0 aliphatic rings. The number of aromatic nitrogens is 2. The first-order chi connectivity index (χ1) is 16.4. The van der Waals surface area contributed by atoms with Crippen LogP contribution in [0.15, 0.2) is 83.4 Å². The average molecular weight is 457 g/mol. The number of nitro benzene ring substituents is 1. The van der Waals surface area contributed by atoms with Crippen LogP contribution in [-0.4, -0.2) is 32.9 Å². The highest BCUT2D eigenvalue weighted by molar-refractivity contribution is 6.04. The van der Waals surface area contributed by atoms with E-state index >= 15 is 0 Å². The molecule has 0 saturated carbocycles. The Balaban J connectivity index is 1.43. The van der Waals surface area contributed by atoms with Crippen molar-refractivity contribution in [2.24, 2.45) is 0 Å². The first-order valence-corrected chi connectivity index (χ1v) is 10.6. The molecule has 1 N–H and O–H groups in total. The molecule has 1 aromatic heterocycles. The molecule has 1 atom stereocenters. The Labute approximate surface area is 196 Å². The van der Waals surface area contributed by atoms with Crippen LogP contribution in [0.5, 0.6) is 0 Å². The molecule has 1 unspecified atom stereocenters. The maximum absolute atomic E-state index is 12.5. The molecule has 3 aromatic carbocycles. The van der Waals surface area contributed by atoms with Crippen molar-refractivity contribution in [3.63, 3.8) is 0 Å². The van der Waals surface area contributed by atoms with E-state index < -0.39 is 4.92 Å². The molecular weight excluding hydrogens is 434 g/mol. The van der Waals surface area contributed by atoms with E-state index in [1.54, 1.807) is 24.3 Å². The van der Waals surface area contributed by atoms with E-state index in [1.165, 1.54) is 12.1 Å². The zero-order chi connectivity index (χ0) is 24.1. The summed E-state index contributed by atoms with van der Waals surface area (Å²) in [4.78, 5) is 29.4. The van der Waals surface area contributed by atoms with Gasteiger partial charge >= 0.3 is 0 Å². The molecule has 0 radical (unpaired) electrons. The summed E-state index contributed by atoms with van der Waals surface area (Å²) >= 11 is 0. The number of hydrogen-bond donors (Lipinski definition) is 1. The van der Waals surface area contributed by atoms with Gasteiger partial charge in [0.15, 0.2) is 0 Å². The summed E-state index contributed by atoms with van der Waals surface area (Å²) in [6, 6.07) is 22.8. The molecular formula is C25H23N5O4. The molecule has 4 rings (SSSR count). The third-order valence-electron chi connectivity index (χ3n) is 5.49. The largest absolute Gasteiger partial charge is 0.338 e. The van der Waals surface area contributed by atoms with Crippen LogP contribution in [0.3, 0.4) is 0 Å². The fourth-order valence-corrected chi connectivity index (χ4v) is 3.47. The summed E-state index contributed by atoms with van der Waals surface area (Å²) in [5.41, 5.74) is 2.79. The van der Waals surface area contributed by atoms with Crippen molar-refractivity contribution < 1.29 is 14.2 Å². The minimum atomic E-state index is -0.462. The number of anilines is 1. The van der Waals surface area contributed by atoms with Crippen molar-refractivity contribution in [1.82, 2.24) is 15.0 Å². The molecule has 9 nitrogen and oxygen atoms in total. The van der Waals surface area contributed by atoms with Gasteiger partial charge in [0.05, 0.1) is 11.5 Å². The van der Waals surface area contributed by atoms with Gasteiger partial charge in [0.2, 0.25) is 11.7 Å². The average Bonchev–Trinajstić information content (AvgIpc) is 3.32. The summed E-state index contributed by atoms with van der Waals surface area (Å²) < 4.78 is 5.37. The number of nitrogens with zero attached hydrogens (tertiary/aromatic N) is 4. The van der Waals surface area contributed by atoms with E-state index in [2.05, 4.69) is 15.5 Å². The lowest BCUT2D eigenvalue weighted by Crippen LogP contribution is -2.22. The minimum absolute atomic E-state index is 0.0123. The number of amides is 1. The summed E-state index contributed by atoms with van der Waals surface area (Å²) in [6.07, 6.45) is 0. The number of carbonyl (C=O) groups is 1. The number of nitrogens with one attached hydrogen (secondary N) is 1. The molecule has 0 saturated heterocycles. The first kappa shape index (κ1) is 22.8. The molecule has 0 spiro atoms. The standard InChI is InChI=1S/C25H23N5O4/c1-17(19-10-6-12-21(14-19)26-25(31)18-8-4-3-5-9-18)29(2)16-23-27-24(28-34-23)20-11-7-13-22(15-20)30(32)33/h3-15,17H,16H2,1-2H3,(H,26,31). The molecule has 172 valence electrons.